The number of pyridine rings is 1. The number of carboxylic acids is 1. The zero-order chi connectivity index (χ0) is 12.7. The van der Waals surface area contributed by atoms with Crippen LogP contribution in [0.25, 0.3) is 0 Å². The summed E-state index contributed by atoms with van der Waals surface area (Å²) in [7, 11) is 0. The van der Waals surface area contributed by atoms with Crippen LogP contribution in [0.5, 0.6) is 0 Å². The molecule has 0 spiro atoms. The molecule has 1 aliphatic carbocycles. The first-order valence-corrected chi connectivity index (χ1v) is 6.29. The second kappa shape index (κ2) is 4.23. The van der Waals surface area contributed by atoms with Crippen molar-refractivity contribution < 1.29 is 14.3 Å². The average Bonchev–Trinajstić information content (AvgIpc) is 2.89. The van der Waals surface area contributed by atoms with Crippen molar-refractivity contribution in [3.8, 4) is 0 Å². The predicted octanol–water partition coefficient (Wildman–Crippen LogP) is 2.16. The van der Waals surface area contributed by atoms with Crippen molar-refractivity contribution in [2.75, 3.05) is 18.0 Å². The zero-order valence-electron chi connectivity index (χ0n) is 9.97. The highest BCUT2D eigenvalue weighted by molar-refractivity contribution is 5.88. The Balaban J connectivity index is 1.89. The van der Waals surface area contributed by atoms with E-state index in [9.17, 15) is 9.18 Å². The Labute approximate surface area is 104 Å². The van der Waals surface area contributed by atoms with Gasteiger partial charge in [0.05, 0.1) is 0 Å². The fourth-order valence-electron chi connectivity index (χ4n) is 3.23. The summed E-state index contributed by atoms with van der Waals surface area (Å²) in [5.41, 5.74) is -0.294. The number of fused-ring (bicyclic) bond motifs is 1. The number of anilines is 1. The van der Waals surface area contributed by atoms with Crippen molar-refractivity contribution in [2.45, 2.75) is 19.3 Å². The lowest BCUT2D eigenvalue weighted by atomic mass is 10.0. The molecule has 2 heterocycles. The number of hydrogen-bond acceptors (Lipinski definition) is 3. The summed E-state index contributed by atoms with van der Waals surface area (Å²) in [6.45, 7) is 1.61. The number of nitrogens with zero attached hydrogens (tertiary/aromatic N) is 2. The highest BCUT2D eigenvalue weighted by atomic mass is 19.1. The van der Waals surface area contributed by atoms with Gasteiger partial charge in [0.2, 0.25) is 0 Å². The fraction of sp³-hybridized carbons (Fsp3) is 0.538. The predicted molar refractivity (Wildman–Crippen MR) is 64.2 cm³/mol. The molecule has 18 heavy (non-hydrogen) atoms. The van der Waals surface area contributed by atoms with Crippen LogP contribution < -0.4 is 4.90 Å². The number of carboxylic acid groups (broad SMARTS) is 1. The van der Waals surface area contributed by atoms with Gasteiger partial charge in [-0.1, -0.05) is 6.42 Å². The summed E-state index contributed by atoms with van der Waals surface area (Å²) in [6, 6.07) is 1.21. The normalized spacial score (nSPS) is 26.4. The second-order valence-electron chi connectivity index (χ2n) is 5.16. The molecular weight excluding hydrogens is 235 g/mol. The molecule has 1 saturated heterocycles. The molecule has 0 amide bonds. The summed E-state index contributed by atoms with van der Waals surface area (Å²) < 4.78 is 14.1. The van der Waals surface area contributed by atoms with Crippen LogP contribution in [0, 0.1) is 17.7 Å². The van der Waals surface area contributed by atoms with Gasteiger partial charge in [0.25, 0.3) is 0 Å². The van der Waals surface area contributed by atoms with Gasteiger partial charge in [-0.3, -0.25) is 0 Å². The molecule has 1 aromatic rings. The number of aromatic carboxylic acids is 1. The molecule has 3 rings (SSSR count). The smallest absolute Gasteiger partial charge is 0.338 e. The monoisotopic (exact) mass is 250 g/mol. The van der Waals surface area contributed by atoms with Crippen LogP contribution in [0.3, 0.4) is 0 Å². The molecule has 0 aromatic carbocycles. The van der Waals surface area contributed by atoms with Crippen molar-refractivity contribution in [1.29, 1.82) is 0 Å². The van der Waals surface area contributed by atoms with Crippen molar-refractivity contribution in [3.63, 3.8) is 0 Å². The Morgan fingerprint density at radius 1 is 1.39 bits per heavy atom. The Morgan fingerprint density at radius 3 is 2.67 bits per heavy atom. The molecule has 1 aromatic heterocycles. The van der Waals surface area contributed by atoms with E-state index in [1.54, 1.807) is 0 Å². The largest absolute Gasteiger partial charge is 0.478 e. The lowest BCUT2D eigenvalue weighted by Gasteiger charge is -2.19. The van der Waals surface area contributed by atoms with E-state index in [1.807, 2.05) is 4.90 Å². The molecule has 0 radical (unpaired) electrons. The minimum atomic E-state index is -1.24. The highest BCUT2D eigenvalue weighted by Crippen LogP contribution is 2.39. The number of halogens is 1. The van der Waals surface area contributed by atoms with Gasteiger partial charge >= 0.3 is 5.97 Å². The summed E-state index contributed by atoms with van der Waals surface area (Å²) >= 11 is 0. The molecule has 0 bridgehead atoms. The third kappa shape index (κ3) is 1.74. The van der Waals surface area contributed by atoms with E-state index in [2.05, 4.69) is 4.98 Å². The summed E-state index contributed by atoms with van der Waals surface area (Å²) in [5, 5.41) is 8.91. The van der Waals surface area contributed by atoms with Gasteiger partial charge in [-0.25, -0.2) is 14.2 Å². The molecule has 2 fully saturated rings. The molecule has 2 atom stereocenters. The Hall–Kier alpha value is -1.65. The molecule has 1 N–H and O–H groups in total. The van der Waals surface area contributed by atoms with Crippen LogP contribution in [0.15, 0.2) is 12.3 Å². The van der Waals surface area contributed by atoms with Gasteiger partial charge < -0.3 is 10.0 Å². The van der Waals surface area contributed by atoms with Crippen LogP contribution in [0.1, 0.15) is 29.6 Å². The maximum Gasteiger partial charge on any atom is 0.338 e. The lowest BCUT2D eigenvalue weighted by molar-refractivity contribution is 0.0692. The van der Waals surface area contributed by atoms with E-state index in [0.29, 0.717) is 11.8 Å². The number of aromatic nitrogens is 1. The van der Waals surface area contributed by atoms with E-state index >= 15 is 0 Å². The molecule has 4 nitrogen and oxygen atoms in total. The molecular formula is C13H15FN2O2. The Morgan fingerprint density at radius 2 is 2.06 bits per heavy atom. The third-order valence-corrected chi connectivity index (χ3v) is 4.13. The highest BCUT2D eigenvalue weighted by Gasteiger charge is 2.37. The minimum absolute atomic E-state index is 0.198. The first kappa shape index (κ1) is 11.4. The second-order valence-corrected chi connectivity index (χ2v) is 5.16. The zero-order valence-corrected chi connectivity index (χ0v) is 9.97. The standard InChI is InChI=1S/C13H15FN2O2/c14-11-10(13(17)18)4-5-15-12(11)16-6-8-2-1-3-9(8)7-16/h4-5,8-9H,1-3,6-7H2,(H,17,18). The van der Waals surface area contributed by atoms with Crippen LogP contribution in [-0.4, -0.2) is 29.1 Å². The number of hydrogen-bond donors (Lipinski definition) is 1. The molecule has 1 aliphatic heterocycles. The van der Waals surface area contributed by atoms with E-state index in [0.717, 1.165) is 13.1 Å². The van der Waals surface area contributed by atoms with Crippen molar-refractivity contribution in [2.24, 2.45) is 11.8 Å². The molecule has 2 unspecified atom stereocenters. The van der Waals surface area contributed by atoms with Gasteiger partial charge in [-0.2, -0.15) is 0 Å². The van der Waals surface area contributed by atoms with Gasteiger partial charge in [-0.15, -0.1) is 0 Å². The van der Waals surface area contributed by atoms with Gasteiger partial charge in [0.15, 0.2) is 11.6 Å². The van der Waals surface area contributed by atoms with Crippen LogP contribution in [0.2, 0.25) is 0 Å². The Kier molecular flexibility index (Phi) is 2.69. The van der Waals surface area contributed by atoms with E-state index in [-0.39, 0.29) is 11.4 Å². The van der Waals surface area contributed by atoms with Crippen molar-refractivity contribution in [3.05, 3.63) is 23.6 Å². The minimum Gasteiger partial charge on any atom is -0.478 e. The molecule has 96 valence electrons. The molecule has 1 saturated carbocycles. The summed E-state index contributed by atoms with van der Waals surface area (Å²) in [6.07, 6.45) is 5.02. The third-order valence-electron chi connectivity index (χ3n) is 4.13. The maximum atomic E-state index is 14.1. The van der Waals surface area contributed by atoms with Crippen LogP contribution >= 0.6 is 0 Å². The molecule has 5 heteroatoms. The van der Waals surface area contributed by atoms with Gasteiger partial charge in [0, 0.05) is 19.3 Å². The fourth-order valence-corrected chi connectivity index (χ4v) is 3.23. The van der Waals surface area contributed by atoms with Crippen LogP contribution in [-0.2, 0) is 0 Å². The van der Waals surface area contributed by atoms with Crippen LogP contribution in [0.4, 0.5) is 10.2 Å². The molecule has 2 aliphatic rings. The van der Waals surface area contributed by atoms with E-state index < -0.39 is 11.8 Å². The average molecular weight is 250 g/mol. The van der Waals surface area contributed by atoms with E-state index in [1.165, 1.54) is 31.5 Å². The quantitative estimate of drug-likeness (QED) is 0.873. The number of rotatable bonds is 2. The SMILES string of the molecule is O=C(O)c1ccnc(N2CC3CCCC3C2)c1F. The summed E-state index contributed by atoms with van der Waals surface area (Å²) in [4.78, 5) is 16.8. The van der Waals surface area contributed by atoms with E-state index in [4.69, 9.17) is 5.11 Å². The first-order chi connectivity index (χ1) is 8.66. The number of carbonyl (C=O) groups is 1. The van der Waals surface area contributed by atoms with Crippen molar-refractivity contribution >= 4 is 11.8 Å². The Bertz CT molecular complexity index is 480. The first-order valence-electron chi connectivity index (χ1n) is 6.29. The van der Waals surface area contributed by atoms with Gasteiger partial charge in [0.1, 0.15) is 5.56 Å². The summed E-state index contributed by atoms with van der Waals surface area (Å²) in [5.74, 6) is -0.496. The maximum absolute atomic E-state index is 14.1. The van der Waals surface area contributed by atoms with Gasteiger partial charge in [-0.05, 0) is 30.7 Å². The topological polar surface area (TPSA) is 53.4 Å². The van der Waals surface area contributed by atoms with Crippen molar-refractivity contribution in [1.82, 2.24) is 4.98 Å². The lowest BCUT2D eigenvalue weighted by Crippen LogP contribution is -2.24.